The molecule has 0 heterocycles. The summed E-state index contributed by atoms with van der Waals surface area (Å²) < 4.78 is 0. The molecule has 1 aromatic rings. The van der Waals surface area contributed by atoms with Crippen molar-refractivity contribution in [3.63, 3.8) is 0 Å². The molecule has 1 aromatic carbocycles. The van der Waals surface area contributed by atoms with Gasteiger partial charge >= 0.3 is 0 Å². The molecule has 1 rings (SSSR count). The summed E-state index contributed by atoms with van der Waals surface area (Å²) in [4.78, 5) is 0. The fraction of sp³-hybridized carbons (Fsp3) is 0.600. The first kappa shape index (κ1) is 14.2. The highest BCUT2D eigenvalue weighted by atomic mass is 16.3. The Labute approximate surface area is 105 Å². The van der Waals surface area contributed by atoms with Gasteiger partial charge in [0.1, 0.15) is 0 Å². The number of nitrogens with two attached hydrogens (primary N) is 1. The highest BCUT2D eigenvalue weighted by molar-refractivity contribution is 5.25. The molecule has 0 spiro atoms. The second-order valence-electron chi connectivity index (χ2n) is 5.08. The highest BCUT2D eigenvalue weighted by Gasteiger charge is 2.22. The molecule has 3 N–H and O–H groups in total. The van der Waals surface area contributed by atoms with E-state index in [1.165, 1.54) is 5.56 Å². The first-order valence-electron chi connectivity index (χ1n) is 6.57. The second-order valence-corrected chi connectivity index (χ2v) is 5.08. The normalized spacial score (nSPS) is 14.9. The fourth-order valence-corrected chi connectivity index (χ4v) is 2.23. The van der Waals surface area contributed by atoms with Crippen LogP contribution in [0, 0.1) is 11.8 Å². The Balaban J connectivity index is 2.86. The van der Waals surface area contributed by atoms with Gasteiger partial charge in [-0.25, -0.2) is 0 Å². The minimum atomic E-state index is -0.447. The van der Waals surface area contributed by atoms with Gasteiger partial charge in [-0.2, -0.15) is 0 Å². The van der Waals surface area contributed by atoms with E-state index in [-0.39, 0.29) is 5.92 Å². The van der Waals surface area contributed by atoms with Gasteiger partial charge in [0, 0.05) is 5.92 Å². The molecule has 0 radical (unpaired) electrons. The predicted molar refractivity (Wildman–Crippen MR) is 72.8 cm³/mol. The lowest BCUT2D eigenvalue weighted by atomic mass is 9.86. The Morgan fingerprint density at radius 3 is 2.53 bits per heavy atom. The van der Waals surface area contributed by atoms with Crippen LogP contribution in [0.25, 0.3) is 0 Å². The van der Waals surface area contributed by atoms with Crippen molar-refractivity contribution in [2.24, 2.45) is 17.6 Å². The molecule has 96 valence electrons. The maximum atomic E-state index is 10.4. The number of hydrogen-bond donors (Lipinski definition) is 2. The summed E-state index contributed by atoms with van der Waals surface area (Å²) in [5, 5.41) is 10.4. The monoisotopic (exact) mass is 235 g/mol. The Hall–Kier alpha value is -0.860. The predicted octanol–water partition coefficient (Wildman–Crippen LogP) is 2.90. The number of rotatable bonds is 6. The largest absolute Gasteiger partial charge is 0.388 e. The number of aryl methyl sites for hydroxylation is 1. The van der Waals surface area contributed by atoms with E-state index in [4.69, 9.17) is 5.73 Å². The van der Waals surface area contributed by atoms with E-state index in [1.54, 1.807) is 0 Å². The van der Waals surface area contributed by atoms with Crippen LogP contribution < -0.4 is 5.73 Å². The first-order chi connectivity index (χ1) is 8.10. The van der Waals surface area contributed by atoms with Crippen molar-refractivity contribution in [3.05, 3.63) is 35.4 Å². The van der Waals surface area contributed by atoms with Crippen molar-refractivity contribution < 1.29 is 5.11 Å². The average molecular weight is 235 g/mol. The number of hydrogen-bond acceptors (Lipinski definition) is 2. The van der Waals surface area contributed by atoms with E-state index < -0.39 is 6.10 Å². The molecule has 0 aliphatic rings. The van der Waals surface area contributed by atoms with Crippen molar-refractivity contribution in [1.29, 1.82) is 0 Å². The first-order valence-corrected chi connectivity index (χ1v) is 6.57. The highest BCUT2D eigenvalue weighted by Crippen LogP contribution is 2.27. The summed E-state index contributed by atoms with van der Waals surface area (Å²) in [6, 6.07) is 8.25. The summed E-state index contributed by atoms with van der Waals surface area (Å²) in [5.41, 5.74) is 8.04. The van der Waals surface area contributed by atoms with Gasteiger partial charge in [0.05, 0.1) is 6.10 Å². The summed E-state index contributed by atoms with van der Waals surface area (Å²) in [5.74, 6) is 0.525. The lowest BCUT2D eigenvalue weighted by Gasteiger charge is -2.25. The number of benzene rings is 1. The lowest BCUT2D eigenvalue weighted by molar-refractivity contribution is 0.0860. The Bertz CT molecular complexity index is 335. The molecule has 2 heteroatoms. The molecule has 0 amide bonds. The van der Waals surface area contributed by atoms with E-state index in [2.05, 4.69) is 32.9 Å². The van der Waals surface area contributed by atoms with Crippen molar-refractivity contribution in [3.8, 4) is 0 Å². The molecule has 0 aromatic heterocycles. The van der Waals surface area contributed by atoms with Crippen molar-refractivity contribution in [2.75, 3.05) is 6.54 Å². The van der Waals surface area contributed by atoms with Crippen LogP contribution in [0.4, 0.5) is 0 Å². The van der Waals surface area contributed by atoms with Crippen LogP contribution in [0.1, 0.15) is 44.4 Å². The SMILES string of the molecule is CCCc1cccc(C(O)C(CN)C(C)C)c1. The van der Waals surface area contributed by atoms with Crippen molar-refractivity contribution in [2.45, 2.75) is 39.7 Å². The molecule has 0 aliphatic heterocycles. The van der Waals surface area contributed by atoms with Crippen LogP contribution in [0.3, 0.4) is 0 Å². The number of aliphatic hydroxyl groups excluding tert-OH is 1. The van der Waals surface area contributed by atoms with E-state index in [9.17, 15) is 5.11 Å². The van der Waals surface area contributed by atoms with Crippen LogP contribution >= 0.6 is 0 Å². The molecule has 2 unspecified atom stereocenters. The minimum Gasteiger partial charge on any atom is -0.388 e. The Kier molecular flexibility index (Phi) is 5.66. The topological polar surface area (TPSA) is 46.2 Å². The van der Waals surface area contributed by atoms with E-state index in [1.807, 2.05) is 12.1 Å². The van der Waals surface area contributed by atoms with Gasteiger partial charge in [0.15, 0.2) is 0 Å². The minimum absolute atomic E-state index is 0.131. The number of aliphatic hydroxyl groups is 1. The summed E-state index contributed by atoms with van der Waals surface area (Å²) in [6.07, 6.45) is 1.75. The van der Waals surface area contributed by atoms with Gasteiger partial charge in [-0.05, 0) is 30.0 Å². The quantitative estimate of drug-likeness (QED) is 0.796. The molecule has 0 saturated carbocycles. The summed E-state index contributed by atoms with van der Waals surface area (Å²) >= 11 is 0. The van der Waals surface area contributed by atoms with Gasteiger partial charge in [-0.1, -0.05) is 51.5 Å². The molecule has 0 fully saturated rings. The molecule has 0 aliphatic carbocycles. The molecule has 0 bridgehead atoms. The average Bonchev–Trinajstić information content (AvgIpc) is 2.30. The maximum absolute atomic E-state index is 10.4. The van der Waals surface area contributed by atoms with Gasteiger partial charge in [-0.15, -0.1) is 0 Å². The van der Waals surface area contributed by atoms with E-state index in [0.717, 1.165) is 18.4 Å². The van der Waals surface area contributed by atoms with Crippen LogP contribution in [0.5, 0.6) is 0 Å². The van der Waals surface area contributed by atoms with Crippen LogP contribution in [0.15, 0.2) is 24.3 Å². The Morgan fingerprint density at radius 1 is 1.29 bits per heavy atom. The summed E-state index contributed by atoms with van der Waals surface area (Å²) in [7, 11) is 0. The second kappa shape index (κ2) is 6.77. The standard InChI is InChI=1S/C15H25NO/c1-4-6-12-7-5-8-13(9-12)15(17)14(10-16)11(2)3/h5,7-9,11,14-15,17H,4,6,10,16H2,1-3H3. The maximum Gasteiger partial charge on any atom is 0.0832 e. The Morgan fingerprint density at radius 2 is 2.00 bits per heavy atom. The fourth-order valence-electron chi connectivity index (χ4n) is 2.23. The van der Waals surface area contributed by atoms with Crippen LogP contribution in [0.2, 0.25) is 0 Å². The third-order valence-electron chi connectivity index (χ3n) is 3.37. The third kappa shape index (κ3) is 3.83. The third-order valence-corrected chi connectivity index (χ3v) is 3.37. The smallest absolute Gasteiger partial charge is 0.0832 e. The molecule has 2 atom stereocenters. The molecular weight excluding hydrogens is 210 g/mol. The van der Waals surface area contributed by atoms with E-state index >= 15 is 0 Å². The zero-order chi connectivity index (χ0) is 12.8. The molecular formula is C15H25NO. The summed E-state index contributed by atoms with van der Waals surface area (Å²) in [6.45, 7) is 6.91. The molecule has 0 saturated heterocycles. The lowest BCUT2D eigenvalue weighted by Crippen LogP contribution is -2.26. The zero-order valence-electron chi connectivity index (χ0n) is 11.2. The van der Waals surface area contributed by atoms with E-state index in [0.29, 0.717) is 12.5 Å². The van der Waals surface area contributed by atoms with Crippen LogP contribution in [-0.2, 0) is 6.42 Å². The molecule has 17 heavy (non-hydrogen) atoms. The van der Waals surface area contributed by atoms with Gasteiger partial charge in [0.25, 0.3) is 0 Å². The van der Waals surface area contributed by atoms with Gasteiger partial charge in [0.2, 0.25) is 0 Å². The van der Waals surface area contributed by atoms with Crippen LogP contribution in [-0.4, -0.2) is 11.7 Å². The van der Waals surface area contributed by atoms with Crippen molar-refractivity contribution in [1.82, 2.24) is 0 Å². The van der Waals surface area contributed by atoms with Gasteiger partial charge < -0.3 is 10.8 Å². The molecule has 2 nitrogen and oxygen atoms in total. The van der Waals surface area contributed by atoms with Crippen molar-refractivity contribution >= 4 is 0 Å². The van der Waals surface area contributed by atoms with Gasteiger partial charge in [-0.3, -0.25) is 0 Å². The zero-order valence-corrected chi connectivity index (χ0v) is 11.2.